The van der Waals surface area contributed by atoms with Crippen molar-refractivity contribution in [1.82, 2.24) is 5.32 Å². The molecule has 5 nitrogen and oxygen atoms in total. The first kappa shape index (κ1) is 23.4. The van der Waals surface area contributed by atoms with Crippen LogP contribution in [0.5, 0.6) is 0 Å². The van der Waals surface area contributed by atoms with Crippen molar-refractivity contribution >= 4 is 56.4 Å². The Hall–Kier alpha value is -2.25. The highest BCUT2D eigenvalue weighted by atomic mass is 35.5. The first-order valence-electron chi connectivity index (χ1n) is 9.18. The lowest BCUT2D eigenvalue weighted by Gasteiger charge is -2.13. The summed E-state index contributed by atoms with van der Waals surface area (Å²) in [6, 6.07) is 14.4. The summed E-state index contributed by atoms with van der Waals surface area (Å²) < 4.78 is 28.4. The van der Waals surface area contributed by atoms with E-state index in [0.717, 1.165) is 11.1 Å². The number of aryl methyl sites for hydroxylation is 2. The van der Waals surface area contributed by atoms with Crippen molar-refractivity contribution in [2.24, 2.45) is 0 Å². The van der Waals surface area contributed by atoms with Crippen LogP contribution >= 0.6 is 34.8 Å². The van der Waals surface area contributed by atoms with Gasteiger partial charge in [-0.25, -0.2) is 8.42 Å². The van der Waals surface area contributed by atoms with Crippen molar-refractivity contribution in [1.29, 1.82) is 0 Å². The van der Waals surface area contributed by atoms with Gasteiger partial charge in [-0.3, -0.25) is 9.52 Å². The number of carbonyl (C=O) groups is 1. The molecule has 162 valence electrons. The molecular weight excluding hydrogens is 479 g/mol. The van der Waals surface area contributed by atoms with E-state index in [1.165, 1.54) is 18.2 Å². The van der Waals surface area contributed by atoms with E-state index in [1.54, 1.807) is 30.3 Å². The van der Waals surface area contributed by atoms with Crippen LogP contribution in [0.2, 0.25) is 15.1 Å². The van der Waals surface area contributed by atoms with Crippen LogP contribution in [0, 0.1) is 13.8 Å². The molecule has 31 heavy (non-hydrogen) atoms. The average Bonchev–Trinajstić information content (AvgIpc) is 2.66. The van der Waals surface area contributed by atoms with Crippen LogP contribution in [0.3, 0.4) is 0 Å². The number of hydrogen-bond acceptors (Lipinski definition) is 3. The molecule has 0 aliphatic rings. The Kier molecular flexibility index (Phi) is 7.17. The van der Waals surface area contributed by atoms with E-state index >= 15 is 0 Å². The van der Waals surface area contributed by atoms with E-state index < -0.39 is 15.9 Å². The van der Waals surface area contributed by atoms with Crippen LogP contribution in [0.1, 0.15) is 27.0 Å². The molecule has 0 fully saturated rings. The first-order chi connectivity index (χ1) is 14.5. The monoisotopic (exact) mass is 496 g/mol. The second-order valence-corrected chi connectivity index (χ2v) is 9.95. The fourth-order valence-electron chi connectivity index (χ4n) is 3.04. The van der Waals surface area contributed by atoms with Gasteiger partial charge in [-0.2, -0.15) is 0 Å². The van der Waals surface area contributed by atoms with Gasteiger partial charge in [-0.05, 0) is 73.0 Å². The second-order valence-electron chi connectivity index (χ2n) is 7.05. The van der Waals surface area contributed by atoms with Crippen LogP contribution in [0.25, 0.3) is 0 Å². The third-order valence-electron chi connectivity index (χ3n) is 4.41. The lowest BCUT2D eigenvalue weighted by atomic mass is 10.1. The zero-order chi connectivity index (χ0) is 22.8. The third-order valence-corrected chi connectivity index (χ3v) is 6.86. The summed E-state index contributed by atoms with van der Waals surface area (Å²) in [5.74, 6) is -0.467. The summed E-state index contributed by atoms with van der Waals surface area (Å²) >= 11 is 18.1. The van der Waals surface area contributed by atoms with Gasteiger partial charge < -0.3 is 5.32 Å². The molecule has 0 spiro atoms. The van der Waals surface area contributed by atoms with Gasteiger partial charge in [0, 0.05) is 27.8 Å². The number of rotatable bonds is 6. The predicted molar refractivity (Wildman–Crippen MR) is 126 cm³/mol. The molecule has 0 aromatic heterocycles. The maximum Gasteiger partial charge on any atom is 0.263 e. The van der Waals surface area contributed by atoms with Gasteiger partial charge in [0.15, 0.2) is 0 Å². The molecule has 0 aliphatic carbocycles. The van der Waals surface area contributed by atoms with Crippen molar-refractivity contribution in [2.45, 2.75) is 25.3 Å². The third kappa shape index (κ3) is 5.92. The number of hydrogen-bond donors (Lipinski definition) is 2. The molecule has 9 heteroatoms. The number of sulfonamides is 1. The van der Waals surface area contributed by atoms with Gasteiger partial charge in [-0.1, -0.05) is 46.9 Å². The van der Waals surface area contributed by atoms with Crippen LogP contribution in [-0.4, -0.2) is 14.3 Å². The minimum Gasteiger partial charge on any atom is -0.348 e. The number of amides is 1. The molecule has 1 amide bonds. The molecule has 0 bridgehead atoms. The lowest BCUT2D eigenvalue weighted by Crippen LogP contribution is -2.23. The summed E-state index contributed by atoms with van der Waals surface area (Å²) in [6.45, 7) is 3.89. The Bertz CT molecular complexity index is 1240. The van der Waals surface area contributed by atoms with E-state index in [1.807, 2.05) is 19.9 Å². The molecule has 3 aromatic carbocycles. The average molecular weight is 498 g/mol. The second kappa shape index (κ2) is 9.49. The Morgan fingerprint density at radius 2 is 1.55 bits per heavy atom. The Morgan fingerprint density at radius 1 is 0.871 bits per heavy atom. The molecule has 0 saturated carbocycles. The Morgan fingerprint density at radius 3 is 2.19 bits per heavy atom. The summed E-state index contributed by atoms with van der Waals surface area (Å²) in [4.78, 5) is 12.4. The highest BCUT2D eigenvalue weighted by Gasteiger charge is 2.21. The topological polar surface area (TPSA) is 75.3 Å². The van der Waals surface area contributed by atoms with Crippen LogP contribution in [0.4, 0.5) is 5.69 Å². The first-order valence-corrected chi connectivity index (χ1v) is 11.8. The van der Waals surface area contributed by atoms with Crippen molar-refractivity contribution in [3.8, 4) is 0 Å². The van der Waals surface area contributed by atoms with E-state index in [4.69, 9.17) is 34.8 Å². The summed E-state index contributed by atoms with van der Waals surface area (Å²) in [5.41, 5.74) is 3.07. The number of nitrogens with one attached hydrogen (secondary N) is 2. The standard InChI is InChI=1S/C22H19Cl3N2O3S/c1-13-7-14(2)9-18(8-13)27-31(29,30)21-10-15(4-6-19(21)24)22(28)26-12-16-3-5-17(23)11-20(16)25/h3-11,27H,12H2,1-2H3,(H,26,28). The summed E-state index contributed by atoms with van der Waals surface area (Å²) in [7, 11) is -4.01. The highest BCUT2D eigenvalue weighted by Crippen LogP contribution is 2.26. The zero-order valence-corrected chi connectivity index (χ0v) is 19.8. The van der Waals surface area contributed by atoms with Crippen LogP contribution in [0.15, 0.2) is 59.5 Å². The smallest absolute Gasteiger partial charge is 0.263 e. The highest BCUT2D eigenvalue weighted by molar-refractivity contribution is 7.92. The number of anilines is 1. The van der Waals surface area contributed by atoms with Gasteiger partial charge >= 0.3 is 0 Å². The van der Waals surface area contributed by atoms with Gasteiger partial charge in [0.25, 0.3) is 15.9 Å². The molecule has 0 unspecified atom stereocenters. The summed E-state index contributed by atoms with van der Waals surface area (Å²) in [6.07, 6.45) is 0. The number of halogens is 3. The van der Waals surface area contributed by atoms with Crippen molar-refractivity contribution < 1.29 is 13.2 Å². The maximum atomic E-state index is 12.9. The molecule has 0 radical (unpaired) electrons. The van der Waals surface area contributed by atoms with E-state index in [0.29, 0.717) is 21.3 Å². The van der Waals surface area contributed by atoms with Gasteiger partial charge in [0.2, 0.25) is 0 Å². The van der Waals surface area contributed by atoms with Gasteiger partial charge in [0.05, 0.1) is 5.02 Å². The van der Waals surface area contributed by atoms with E-state index in [2.05, 4.69) is 10.0 Å². The Balaban J connectivity index is 1.82. The predicted octanol–water partition coefficient (Wildman–Crippen LogP) is 5.99. The van der Waals surface area contributed by atoms with E-state index in [-0.39, 0.29) is 22.0 Å². The minimum absolute atomic E-state index is 0.00849. The molecule has 0 saturated heterocycles. The largest absolute Gasteiger partial charge is 0.348 e. The maximum absolute atomic E-state index is 12.9. The quantitative estimate of drug-likeness (QED) is 0.439. The Labute approximate surface area is 196 Å². The number of benzene rings is 3. The number of carbonyl (C=O) groups excluding carboxylic acids is 1. The fourth-order valence-corrected chi connectivity index (χ4v) is 5.08. The van der Waals surface area contributed by atoms with Crippen molar-refractivity contribution in [2.75, 3.05) is 4.72 Å². The minimum atomic E-state index is -4.01. The lowest BCUT2D eigenvalue weighted by molar-refractivity contribution is 0.0950. The molecule has 3 rings (SSSR count). The van der Waals surface area contributed by atoms with Gasteiger partial charge in [0.1, 0.15) is 4.90 Å². The molecule has 0 aliphatic heterocycles. The molecule has 2 N–H and O–H groups in total. The van der Waals surface area contributed by atoms with Crippen LogP contribution in [-0.2, 0) is 16.6 Å². The van der Waals surface area contributed by atoms with Crippen molar-refractivity contribution in [3.63, 3.8) is 0 Å². The van der Waals surface area contributed by atoms with Gasteiger partial charge in [-0.15, -0.1) is 0 Å². The molecule has 0 heterocycles. The molecule has 0 atom stereocenters. The molecule has 3 aromatic rings. The summed E-state index contributed by atoms with van der Waals surface area (Å²) in [5, 5.41) is 3.63. The zero-order valence-electron chi connectivity index (χ0n) is 16.7. The van der Waals surface area contributed by atoms with E-state index in [9.17, 15) is 13.2 Å². The fraction of sp³-hybridized carbons (Fsp3) is 0.136. The van der Waals surface area contributed by atoms with Crippen molar-refractivity contribution in [3.05, 3.63) is 91.9 Å². The normalized spacial score (nSPS) is 11.3. The van der Waals surface area contributed by atoms with Crippen LogP contribution < -0.4 is 10.0 Å². The molecular formula is C22H19Cl3N2O3S. The SMILES string of the molecule is Cc1cc(C)cc(NS(=O)(=O)c2cc(C(=O)NCc3ccc(Cl)cc3Cl)ccc2Cl)c1.